The number of halogens is 1. The monoisotopic (exact) mass is 550 g/mol. The SMILES string of the molecule is CN1C(c2ccccc2)Cc2c(sc3nc(N4CCCCC4)n(-c4ccc(F)cc4)c(=O)c23)C1c1ccccc1. The van der Waals surface area contributed by atoms with Gasteiger partial charge in [-0.1, -0.05) is 60.7 Å². The number of benzene rings is 3. The number of fused-ring (bicyclic) bond motifs is 3. The Morgan fingerprint density at radius 2 is 1.50 bits per heavy atom. The van der Waals surface area contributed by atoms with E-state index in [1.165, 1.54) is 34.6 Å². The third-order valence-corrected chi connectivity index (χ3v) is 9.58. The van der Waals surface area contributed by atoms with Crippen LogP contribution in [0.3, 0.4) is 0 Å². The van der Waals surface area contributed by atoms with E-state index in [-0.39, 0.29) is 23.5 Å². The van der Waals surface area contributed by atoms with Crippen LogP contribution in [0.1, 0.15) is 52.9 Å². The van der Waals surface area contributed by atoms with E-state index in [0.717, 1.165) is 42.7 Å². The van der Waals surface area contributed by atoms with Gasteiger partial charge < -0.3 is 4.90 Å². The highest BCUT2D eigenvalue weighted by Crippen LogP contribution is 2.48. The molecule has 5 aromatic rings. The molecule has 1 saturated heterocycles. The summed E-state index contributed by atoms with van der Waals surface area (Å²) in [5, 5.41) is 0.694. The summed E-state index contributed by atoms with van der Waals surface area (Å²) in [4.78, 5) is 26.4. The summed E-state index contributed by atoms with van der Waals surface area (Å²) >= 11 is 1.65. The number of hydrogen-bond acceptors (Lipinski definition) is 5. The molecule has 3 aromatic carbocycles. The summed E-state index contributed by atoms with van der Waals surface area (Å²) in [7, 11) is 2.19. The number of thiophene rings is 1. The summed E-state index contributed by atoms with van der Waals surface area (Å²) in [6, 6.07) is 27.4. The third kappa shape index (κ3) is 4.25. The van der Waals surface area contributed by atoms with Crippen LogP contribution in [-0.2, 0) is 6.42 Å². The van der Waals surface area contributed by atoms with Crippen LogP contribution in [-0.4, -0.2) is 34.6 Å². The normalized spacial score (nSPS) is 19.6. The minimum atomic E-state index is -0.322. The molecule has 2 aromatic heterocycles. The third-order valence-electron chi connectivity index (χ3n) is 8.41. The van der Waals surface area contributed by atoms with Crippen molar-refractivity contribution in [1.82, 2.24) is 14.5 Å². The number of aromatic nitrogens is 2. The molecule has 40 heavy (non-hydrogen) atoms. The first kappa shape index (κ1) is 25.2. The molecule has 0 saturated carbocycles. The number of likely N-dealkylation sites (N-methyl/N-ethyl adjacent to an activating group) is 1. The van der Waals surface area contributed by atoms with E-state index in [2.05, 4.69) is 65.4 Å². The molecule has 7 heteroatoms. The second kappa shape index (κ2) is 10.3. The Morgan fingerprint density at radius 1 is 0.850 bits per heavy atom. The van der Waals surface area contributed by atoms with Gasteiger partial charge >= 0.3 is 0 Å². The fraction of sp³-hybridized carbons (Fsp3) is 0.273. The highest BCUT2D eigenvalue weighted by Gasteiger charge is 2.38. The van der Waals surface area contributed by atoms with Crippen LogP contribution >= 0.6 is 11.3 Å². The Bertz CT molecular complexity index is 1710. The van der Waals surface area contributed by atoms with E-state index < -0.39 is 0 Å². The van der Waals surface area contributed by atoms with Gasteiger partial charge in [-0.3, -0.25) is 9.69 Å². The standard InChI is InChI=1S/C33H31FN4OS/c1-36-27(22-11-5-2-6-12-22)21-26-28-31(40-30(26)29(36)23-13-7-3-8-14-23)35-33(37-19-9-4-10-20-37)38(32(28)39)25-17-15-24(34)16-18-25/h2-3,5-8,11-18,27,29H,4,9-10,19-21H2,1H3. The topological polar surface area (TPSA) is 41.4 Å². The molecule has 0 bridgehead atoms. The molecule has 2 aliphatic rings. The summed E-state index contributed by atoms with van der Waals surface area (Å²) in [6.45, 7) is 1.71. The molecule has 4 heterocycles. The lowest BCUT2D eigenvalue weighted by Crippen LogP contribution is -2.37. The predicted molar refractivity (Wildman–Crippen MR) is 160 cm³/mol. The molecule has 0 spiro atoms. The fourth-order valence-corrected chi connectivity index (χ4v) is 7.79. The molecule has 1 fully saturated rings. The summed E-state index contributed by atoms with van der Waals surface area (Å²) in [6.07, 6.45) is 4.04. The molecular formula is C33H31FN4OS. The van der Waals surface area contributed by atoms with Crippen molar-refractivity contribution in [3.63, 3.8) is 0 Å². The lowest BCUT2D eigenvalue weighted by molar-refractivity contribution is 0.185. The summed E-state index contributed by atoms with van der Waals surface area (Å²) in [5.41, 5.74) is 4.09. The minimum absolute atomic E-state index is 0.00599. The van der Waals surface area contributed by atoms with E-state index >= 15 is 0 Å². The van der Waals surface area contributed by atoms with E-state index in [9.17, 15) is 9.18 Å². The van der Waals surface area contributed by atoms with E-state index in [4.69, 9.17) is 4.98 Å². The quantitative estimate of drug-likeness (QED) is 0.244. The van der Waals surface area contributed by atoms with Crippen molar-refractivity contribution < 1.29 is 4.39 Å². The average molecular weight is 551 g/mol. The van der Waals surface area contributed by atoms with Crippen LogP contribution in [0.5, 0.6) is 0 Å². The van der Waals surface area contributed by atoms with Crippen LogP contribution in [0.4, 0.5) is 10.3 Å². The Hall–Kier alpha value is -3.81. The van der Waals surface area contributed by atoms with Gasteiger partial charge in [-0.05, 0) is 73.7 Å². The number of piperidine rings is 1. The first-order valence-corrected chi connectivity index (χ1v) is 14.8. The van der Waals surface area contributed by atoms with Crippen molar-refractivity contribution in [3.8, 4) is 5.69 Å². The highest BCUT2D eigenvalue weighted by molar-refractivity contribution is 7.19. The molecule has 7 rings (SSSR count). The number of anilines is 1. The Morgan fingerprint density at radius 3 is 2.17 bits per heavy atom. The van der Waals surface area contributed by atoms with Crippen molar-refractivity contribution in [2.45, 2.75) is 37.8 Å². The second-order valence-corrected chi connectivity index (χ2v) is 11.8. The van der Waals surface area contributed by atoms with Crippen molar-refractivity contribution in [2.24, 2.45) is 0 Å². The van der Waals surface area contributed by atoms with Crippen LogP contribution in [0.2, 0.25) is 0 Å². The predicted octanol–water partition coefficient (Wildman–Crippen LogP) is 6.90. The minimum Gasteiger partial charge on any atom is -0.342 e. The van der Waals surface area contributed by atoms with Gasteiger partial charge in [-0.2, -0.15) is 0 Å². The summed E-state index contributed by atoms with van der Waals surface area (Å²) < 4.78 is 15.6. The largest absolute Gasteiger partial charge is 0.342 e. The van der Waals surface area contributed by atoms with Crippen LogP contribution in [0.25, 0.3) is 15.9 Å². The molecule has 2 atom stereocenters. The lowest BCUT2D eigenvalue weighted by atomic mass is 9.87. The molecule has 5 nitrogen and oxygen atoms in total. The van der Waals surface area contributed by atoms with Gasteiger partial charge in [0.25, 0.3) is 5.56 Å². The molecule has 202 valence electrons. The van der Waals surface area contributed by atoms with Crippen molar-refractivity contribution in [3.05, 3.63) is 123 Å². The Kier molecular flexibility index (Phi) is 6.48. The van der Waals surface area contributed by atoms with Crippen LogP contribution in [0.15, 0.2) is 89.7 Å². The Balaban J connectivity index is 1.49. The smallest absolute Gasteiger partial charge is 0.268 e. The maximum Gasteiger partial charge on any atom is 0.268 e. The van der Waals surface area contributed by atoms with E-state index in [1.54, 1.807) is 28.0 Å². The molecule has 0 N–H and O–H groups in total. The van der Waals surface area contributed by atoms with Gasteiger partial charge in [0.2, 0.25) is 5.95 Å². The zero-order chi connectivity index (χ0) is 27.2. The van der Waals surface area contributed by atoms with Gasteiger partial charge in [0.15, 0.2) is 0 Å². The average Bonchev–Trinajstić information content (AvgIpc) is 3.37. The van der Waals surface area contributed by atoms with Crippen molar-refractivity contribution in [1.29, 1.82) is 0 Å². The molecule has 2 aliphatic heterocycles. The molecule has 0 amide bonds. The number of hydrogen-bond donors (Lipinski definition) is 0. The van der Waals surface area contributed by atoms with E-state index in [1.807, 2.05) is 12.1 Å². The Labute approximate surface area is 237 Å². The fourth-order valence-electron chi connectivity index (χ4n) is 6.42. The number of nitrogens with zero attached hydrogens (tertiary/aromatic N) is 4. The van der Waals surface area contributed by atoms with Crippen LogP contribution in [0, 0.1) is 5.82 Å². The maximum atomic E-state index is 14.6. The molecule has 0 radical (unpaired) electrons. The maximum absolute atomic E-state index is 14.6. The zero-order valence-corrected chi connectivity index (χ0v) is 23.3. The van der Waals surface area contributed by atoms with Gasteiger partial charge in [0.05, 0.1) is 17.1 Å². The molecule has 2 unspecified atom stereocenters. The van der Waals surface area contributed by atoms with Crippen LogP contribution < -0.4 is 10.5 Å². The van der Waals surface area contributed by atoms with Crippen molar-refractivity contribution in [2.75, 3.05) is 25.0 Å². The first-order chi connectivity index (χ1) is 19.6. The lowest BCUT2D eigenvalue weighted by Gasteiger charge is -2.40. The van der Waals surface area contributed by atoms with E-state index in [0.29, 0.717) is 17.0 Å². The molecular weight excluding hydrogens is 519 g/mol. The molecule has 0 aliphatic carbocycles. The zero-order valence-electron chi connectivity index (χ0n) is 22.5. The second-order valence-electron chi connectivity index (χ2n) is 10.8. The number of rotatable bonds is 4. The van der Waals surface area contributed by atoms with Gasteiger partial charge in [0.1, 0.15) is 10.6 Å². The van der Waals surface area contributed by atoms with Gasteiger partial charge in [-0.15, -0.1) is 11.3 Å². The van der Waals surface area contributed by atoms with Gasteiger partial charge in [-0.25, -0.2) is 13.9 Å². The van der Waals surface area contributed by atoms with Gasteiger partial charge in [0, 0.05) is 24.0 Å². The first-order valence-electron chi connectivity index (χ1n) is 14.0. The highest BCUT2D eigenvalue weighted by atomic mass is 32.1. The van der Waals surface area contributed by atoms with Crippen molar-refractivity contribution >= 4 is 27.5 Å². The summed E-state index contributed by atoms with van der Waals surface area (Å²) in [5.74, 6) is 0.337.